The molecule has 5 nitrogen and oxygen atoms in total. The van der Waals surface area contributed by atoms with Gasteiger partial charge in [-0.15, -0.1) is 0 Å². The van der Waals surface area contributed by atoms with E-state index < -0.39 is 10.0 Å². The van der Waals surface area contributed by atoms with Gasteiger partial charge in [-0.3, -0.25) is 9.10 Å². The van der Waals surface area contributed by atoms with Gasteiger partial charge < -0.3 is 4.90 Å². The fourth-order valence-electron chi connectivity index (χ4n) is 2.58. The number of aryl methyl sites for hydroxylation is 3. The smallest absolute Gasteiger partial charge is 0.243 e. The van der Waals surface area contributed by atoms with E-state index >= 15 is 0 Å². The highest BCUT2D eigenvalue weighted by molar-refractivity contribution is 7.92. The van der Waals surface area contributed by atoms with E-state index in [-0.39, 0.29) is 12.5 Å². The molecule has 0 aliphatic heterocycles. The number of hydrogen-bond acceptors (Lipinski definition) is 3. The molecule has 2 aromatic carbocycles. The van der Waals surface area contributed by atoms with Crippen LogP contribution in [0.2, 0.25) is 0 Å². The molecule has 0 N–H and O–H groups in total. The molecular weight excluding hydrogens is 348 g/mol. The third-order valence-electron chi connectivity index (χ3n) is 4.42. The topological polar surface area (TPSA) is 57.7 Å². The summed E-state index contributed by atoms with van der Waals surface area (Å²) in [4.78, 5) is 14.2. The summed E-state index contributed by atoms with van der Waals surface area (Å²) in [5.41, 5.74) is 4.72. The third-order valence-corrected chi connectivity index (χ3v) is 5.56. The molecule has 0 heterocycles. The first kappa shape index (κ1) is 20.0. The van der Waals surface area contributed by atoms with Crippen molar-refractivity contribution in [3.05, 3.63) is 64.7 Å². The second-order valence-electron chi connectivity index (χ2n) is 6.77. The Morgan fingerprint density at radius 2 is 1.58 bits per heavy atom. The molecule has 26 heavy (non-hydrogen) atoms. The van der Waals surface area contributed by atoms with Gasteiger partial charge in [0.15, 0.2) is 0 Å². The summed E-state index contributed by atoms with van der Waals surface area (Å²) in [6.45, 7) is 6.11. The van der Waals surface area contributed by atoms with Gasteiger partial charge in [0, 0.05) is 13.6 Å². The fraction of sp³-hybridized carbons (Fsp3) is 0.350. The van der Waals surface area contributed by atoms with E-state index in [0.29, 0.717) is 12.2 Å². The Balaban J connectivity index is 2.18. The first-order valence-corrected chi connectivity index (χ1v) is 10.3. The zero-order valence-electron chi connectivity index (χ0n) is 16.0. The molecule has 2 rings (SSSR count). The molecule has 0 radical (unpaired) electrons. The van der Waals surface area contributed by atoms with Crippen LogP contribution in [-0.4, -0.2) is 39.1 Å². The molecule has 0 fully saturated rings. The van der Waals surface area contributed by atoms with Gasteiger partial charge in [0.1, 0.15) is 6.54 Å². The van der Waals surface area contributed by atoms with Crippen LogP contribution < -0.4 is 4.31 Å². The molecule has 0 atom stereocenters. The lowest BCUT2D eigenvalue weighted by Gasteiger charge is -2.25. The maximum absolute atomic E-state index is 12.6. The van der Waals surface area contributed by atoms with Crippen LogP contribution in [0.3, 0.4) is 0 Å². The molecule has 0 saturated heterocycles. The zero-order valence-corrected chi connectivity index (χ0v) is 16.8. The Kier molecular flexibility index (Phi) is 6.08. The lowest BCUT2D eigenvalue weighted by molar-refractivity contribution is -0.128. The van der Waals surface area contributed by atoms with Crippen LogP contribution in [-0.2, 0) is 21.4 Å². The van der Waals surface area contributed by atoms with Crippen molar-refractivity contribution in [1.29, 1.82) is 0 Å². The maximum atomic E-state index is 12.6. The highest BCUT2D eigenvalue weighted by Crippen LogP contribution is 2.21. The molecule has 0 aliphatic rings. The Morgan fingerprint density at radius 1 is 0.962 bits per heavy atom. The molecule has 0 aliphatic carbocycles. The van der Waals surface area contributed by atoms with E-state index in [1.807, 2.05) is 51.1 Å². The summed E-state index contributed by atoms with van der Waals surface area (Å²) < 4.78 is 25.6. The third kappa shape index (κ3) is 5.08. The van der Waals surface area contributed by atoms with Crippen LogP contribution >= 0.6 is 0 Å². The van der Waals surface area contributed by atoms with Gasteiger partial charge in [-0.2, -0.15) is 0 Å². The van der Waals surface area contributed by atoms with Crippen molar-refractivity contribution in [2.45, 2.75) is 27.3 Å². The van der Waals surface area contributed by atoms with Gasteiger partial charge in [-0.05, 0) is 49.6 Å². The van der Waals surface area contributed by atoms with Crippen LogP contribution in [0.4, 0.5) is 5.69 Å². The Labute approximate surface area is 156 Å². The standard InChI is InChI=1S/C20H26N2O3S/c1-15-6-9-18(10-7-15)13-21(4)20(23)14-22(26(5,24)25)19-11-8-16(2)17(3)12-19/h6-12H,13-14H2,1-5H3. The fourth-order valence-corrected chi connectivity index (χ4v) is 3.42. The zero-order chi connectivity index (χ0) is 19.5. The van der Waals surface area contributed by atoms with Crippen LogP contribution in [0.5, 0.6) is 0 Å². The van der Waals surface area contributed by atoms with Crippen molar-refractivity contribution in [3.63, 3.8) is 0 Å². The van der Waals surface area contributed by atoms with E-state index in [9.17, 15) is 13.2 Å². The average molecular weight is 375 g/mol. The predicted octanol–water partition coefficient (Wildman–Crippen LogP) is 3.04. The van der Waals surface area contributed by atoms with Crippen molar-refractivity contribution in [2.24, 2.45) is 0 Å². The minimum Gasteiger partial charge on any atom is -0.340 e. The van der Waals surface area contributed by atoms with Crippen molar-refractivity contribution >= 4 is 21.6 Å². The highest BCUT2D eigenvalue weighted by atomic mass is 32.2. The van der Waals surface area contributed by atoms with E-state index in [1.165, 1.54) is 0 Å². The molecule has 1 amide bonds. The quantitative estimate of drug-likeness (QED) is 0.781. The summed E-state index contributed by atoms with van der Waals surface area (Å²) in [5, 5.41) is 0. The minimum absolute atomic E-state index is 0.219. The van der Waals surface area contributed by atoms with Crippen LogP contribution in [0.1, 0.15) is 22.3 Å². The minimum atomic E-state index is -3.57. The normalized spacial score (nSPS) is 11.3. The molecule has 6 heteroatoms. The maximum Gasteiger partial charge on any atom is 0.243 e. The first-order chi connectivity index (χ1) is 12.1. The highest BCUT2D eigenvalue weighted by Gasteiger charge is 2.23. The predicted molar refractivity (Wildman–Crippen MR) is 106 cm³/mol. The van der Waals surface area contributed by atoms with Gasteiger partial charge in [0.25, 0.3) is 0 Å². The number of carbonyl (C=O) groups is 1. The monoisotopic (exact) mass is 374 g/mol. The lowest BCUT2D eigenvalue weighted by atomic mass is 10.1. The summed E-state index contributed by atoms with van der Waals surface area (Å²) in [6.07, 6.45) is 1.12. The second kappa shape index (κ2) is 7.91. The molecule has 2 aromatic rings. The Hall–Kier alpha value is -2.34. The summed E-state index contributed by atoms with van der Waals surface area (Å²) in [7, 11) is -1.89. The van der Waals surface area contributed by atoms with Crippen LogP contribution in [0.25, 0.3) is 0 Å². The van der Waals surface area contributed by atoms with Gasteiger partial charge in [-0.25, -0.2) is 8.42 Å². The average Bonchev–Trinajstić information content (AvgIpc) is 2.56. The molecule has 0 spiro atoms. The number of nitrogens with zero attached hydrogens (tertiary/aromatic N) is 2. The van der Waals surface area contributed by atoms with Gasteiger partial charge in [0.2, 0.25) is 15.9 Å². The summed E-state index contributed by atoms with van der Waals surface area (Å²) >= 11 is 0. The van der Waals surface area contributed by atoms with Gasteiger partial charge in [0.05, 0.1) is 11.9 Å². The lowest BCUT2D eigenvalue weighted by Crippen LogP contribution is -2.41. The van der Waals surface area contributed by atoms with E-state index in [4.69, 9.17) is 0 Å². The van der Waals surface area contributed by atoms with Crippen LogP contribution in [0.15, 0.2) is 42.5 Å². The molecular formula is C20H26N2O3S. The van der Waals surface area contributed by atoms with E-state index in [0.717, 1.165) is 32.8 Å². The molecule has 0 aromatic heterocycles. The van der Waals surface area contributed by atoms with Crippen LogP contribution in [0, 0.1) is 20.8 Å². The summed E-state index contributed by atoms with van der Waals surface area (Å²) in [6, 6.07) is 13.3. The number of carbonyl (C=O) groups excluding carboxylic acids is 1. The number of rotatable bonds is 6. The van der Waals surface area contributed by atoms with E-state index in [1.54, 1.807) is 24.1 Å². The second-order valence-corrected chi connectivity index (χ2v) is 8.68. The molecule has 0 saturated carbocycles. The van der Waals surface area contributed by atoms with Crippen molar-refractivity contribution in [2.75, 3.05) is 24.2 Å². The van der Waals surface area contributed by atoms with Crippen molar-refractivity contribution < 1.29 is 13.2 Å². The number of benzene rings is 2. The van der Waals surface area contributed by atoms with E-state index in [2.05, 4.69) is 0 Å². The number of anilines is 1. The SMILES string of the molecule is Cc1ccc(CN(C)C(=O)CN(c2ccc(C)c(C)c2)S(C)(=O)=O)cc1. The molecule has 0 unspecified atom stereocenters. The number of likely N-dealkylation sites (N-methyl/N-ethyl adjacent to an activating group) is 1. The summed E-state index contributed by atoms with van der Waals surface area (Å²) in [5.74, 6) is -0.255. The Bertz CT molecular complexity index is 890. The Morgan fingerprint density at radius 3 is 2.12 bits per heavy atom. The number of sulfonamides is 1. The largest absolute Gasteiger partial charge is 0.340 e. The van der Waals surface area contributed by atoms with Crippen molar-refractivity contribution in [3.8, 4) is 0 Å². The van der Waals surface area contributed by atoms with Gasteiger partial charge in [-0.1, -0.05) is 35.9 Å². The number of hydrogen-bond donors (Lipinski definition) is 0. The molecule has 0 bridgehead atoms. The van der Waals surface area contributed by atoms with Crippen molar-refractivity contribution in [1.82, 2.24) is 4.90 Å². The first-order valence-electron chi connectivity index (χ1n) is 8.42. The number of amides is 1. The van der Waals surface area contributed by atoms with Gasteiger partial charge >= 0.3 is 0 Å². The molecule has 140 valence electrons.